The largest absolute Gasteiger partial charge is 0.351 e. The molecule has 4 heteroatoms. The lowest BCUT2D eigenvalue weighted by Gasteiger charge is -2.37. The Morgan fingerprint density at radius 2 is 1.61 bits per heavy atom. The number of hydrogen-bond donors (Lipinski definition) is 1. The van der Waals surface area contributed by atoms with Gasteiger partial charge in [-0.2, -0.15) is 0 Å². The Morgan fingerprint density at radius 1 is 1.04 bits per heavy atom. The summed E-state index contributed by atoms with van der Waals surface area (Å²) in [6.07, 6.45) is 0. The van der Waals surface area contributed by atoms with Crippen molar-refractivity contribution in [3.8, 4) is 0 Å². The molecule has 3 rings (SSSR count). The number of nitrogens with zero attached hydrogens (tertiary/aromatic N) is 1. The summed E-state index contributed by atoms with van der Waals surface area (Å²) in [4.78, 5) is 14.2. The van der Waals surface area contributed by atoms with E-state index in [9.17, 15) is 4.79 Å². The molecule has 0 aliphatic carbocycles. The van der Waals surface area contributed by atoms with E-state index in [-0.39, 0.29) is 11.8 Å². The molecule has 0 radical (unpaired) electrons. The lowest BCUT2D eigenvalue weighted by Crippen LogP contribution is -2.47. The molecule has 1 heterocycles. The van der Waals surface area contributed by atoms with Crippen molar-refractivity contribution in [2.45, 2.75) is 19.9 Å². The van der Waals surface area contributed by atoms with E-state index in [2.05, 4.69) is 5.32 Å². The molecule has 2 aromatic carbocycles. The normalized spacial score (nSPS) is 17.9. The lowest BCUT2D eigenvalue weighted by atomic mass is 9.92. The number of benzene rings is 2. The molecule has 1 aliphatic heterocycles. The van der Waals surface area contributed by atoms with E-state index >= 15 is 0 Å². The van der Waals surface area contributed by atoms with Crippen molar-refractivity contribution in [3.05, 3.63) is 77.5 Å². The highest BCUT2D eigenvalue weighted by molar-refractivity contribution is 7.80. The van der Waals surface area contributed by atoms with Gasteiger partial charge >= 0.3 is 0 Å². The summed E-state index contributed by atoms with van der Waals surface area (Å²) in [5.41, 5.74) is 3.61. The van der Waals surface area contributed by atoms with E-state index in [0.717, 1.165) is 22.5 Å². The highest BCUT2D eigenvalue weighted by Gasteiger charge is 2.32. The van der Waals surface area contributed by atoms with Crippen LogP contribution in [0.5, 0.6) is 0 Å². The monoisotopic (exact) mass is 322 g/mol. The minimum Gasteiger partial charge on any atom is -0.351 e. The molecule has 3 nitrogen and oxygen atoms in total. The van der Waals surface area contributed by atoms with E-state index in [0.29, 0.717) is 5.11 Å². The molecule has 0 saturated heterocycles. The van der Waals surface area contributed by atoms with Gasteiger partial charge in [0.05, 0.1) is 6.04 Å². The van der Waals surface area contributed by atoms with E-state index in [4.69, 9.17) is 12.2 Å². The Hall–Kier alpha value is -2.46. The van der Waals surface area contributed by atoms with Gasteiger partial charge in [0, 0.05) is 17.0 Å². The molecule has 2 aromatic rings. The molecule has 1 aliphatic rings. The number of rotatable bonds is 3. The average molecular weight is 322 g/mol. The maximum Gasteiger partial charge on any atom is 0.178 e. The number of para-hydroxylation sites is 1. The fourth-order valence-electron chi connectivity index (χ4n) is 2.98. The van der Waals surface area contributed by atoms with Crippen molar-refractivity contribution in [2.75, 3.05) is 4.90 Å². The predicted octanol–water partition coefficient (Wildman–Crippen LogP) is 3.99. The molecule has 0 amide bonds. The second-order valence-electron chi connectivity index (χ2n) is 5.52. The van der Waals surface area contributed by atoms with Crippen LogP contribution in [-0.2, 0) is 4.79 Å². The summed E-state index contributed by atoms with van der Waals surface area (Å²) >= 11 is 5.57. The molecule has 0 unspecified atom stereocenters. The third kappa shape index (κ3) is 2.90. The number of hydrogen-bond acceptors (Lipinski definition) is 2. The van der Waals surface area contributed by atoms with Crippen LogP contribution in [0.25, 0.3) is 0 Å². The van der Waals surface area contributed by atoms with Gasteiger partial charge in [-0.05, 0) is 43.8 Å². The average Bonchev–Trinajstić information content (AvgIpc) is 2.55. The van der Waals surface area contributed by atoms with Crippen LogP contribution in [-0.4, -0.2) is 10.9 Å². The van der Waals surface area contributed by atoms with E-state index in [1.54, 1.807) is 6.92 Å². The molecule has 0 spiro atoms. The molecule has 0 saturated carbocycles. The van der Waals surface area contributed by atoms with Crippen molar-refractivity contribution < 1.29 is 4.79 Å². The van der Waals surface area contributed by atoms with Crippen LogP contribution in [0.1, 0.15) is 25.5 Å². The van der Waals surface area contributed by atoms with Gasteiger partial charge in [0.25, 0.3) is 0 Å². The quantitative estimate of drug-likeness (QED) is 0.866. The zero-order valence-corrected chi connectivity index (χ0v) is 13.9. The second kappa shape index (κ2) is 6.34. The van der Waals surface area contributed by atoms with Crippen LogP contribution >= 0.6 is 12.2 Å². The van der Waals surface area contributed by atoms with Gasteiger partial charge in [-0.1, -0.05) is 48.5 Å². The molecule has 1 N–H and O–H groups in total. The van der Waals surface area contributed by atoms with Crippen LogP contribution in [0.3, 0.4) is 0 Å². The Balaban J connectivity index is 2.12. The van der Waals surface area contributed by atoms with Crippen LogP contribution in [0.2, 0.25) is 0 Å². The number of Topliss-reactive ketones (excluding diaryl/α,β-unsaturated/α-hetero) is 1. The maximum atomic E-state index is 12.3. The predicted molar refractivity (Wildman–Crippen MR) is 97.2 cm³/mol. The van der Waals surface area contributed by atoms with Gasteiger partial charge in [-0.25, -0.2) is 0 Å². The van der Waals surface area contributed by atoms with Crippen LogP contribution in [0, 0.1) is 0 Å². The minimum atomic E-state index is -0.207. The number of nitrogens with one attached hydrogen (secondary N) is 1. The third-order valence-electron chi connectivity index (χ3n) is 4.01. The van der Waals surface area contributed by atoms with Gasteiger partial charge in [-0.15, -0.1) is 0 Å². The van der Waals surface area contributed by atoms with Crippen molar-refractivity contribution in [1.29, 1.82) is 0 Å². The molecule has 0 aromatic heterocycles. The van der Waals surface area contributed by atoms with Crippen molar-refractivity contribution in [1.82, 2.24) is 5.32 Å². The van der Waals surface area contributed by atoms with Gasteiger partial charge < -0.3 is 5.32 Å². The zero-order valence-electron chi connectivity index (χ0n) is 13.1. The molecule has 116 valence electrons. The van der Waals surface area contributed by atoms with Crippen LogP contribution < -0.4 is 10.2 Å². The summed E-state index contributed by atoms with van der Waals surface area (Å²) in [5, 5.41) is 3.93. The SMILES string of the molecule is CC(=O)C1=C(C)N(c2ccccc2)C(=S)N[C@@H]1c1ccccc1. The molecular weight excluding hydrogens is 304 g/mol. The summed E-state index contributed by atoms with van der Waals surface area (Å²) in [6, 6.07) is 19.6. The van der Waals surface area contributed by atoms with Crippen molar-refractivity contribution in [2.24, 2.45) is 0 Å². The Labute approximate surface area is 141 Å². The lowest BCUT2D eigenvalue weighted by molar-refractivity contribution is -0.114. The maximum absolute atomic E-state index is 12.3. The highest BCUT2D eigenvalue weighted by Crippen LogP contribution is 2.33. The van der Waals surface area contributed by atoms with Crippen molar-refractivity contribution in [3.63, 3.8) is 0 Å². The number of carbonyl (C=O) groups is 1. The number of ketones is 1. The molecule has 1 atom stereocenters. The summed E-state index contributed by atoms with van der Waals surface area (Å²) in [6.45, 7) is 3.56. The van der Waals surface area contributed by atoms with E-state index in [1.807, 2.05) is 72.5 Å². The number of allylic oxidation sites excluding steroid dienone is 1. The Bertz CT molecular complexity index is 768. The number of thiocarbonyl (C=S) groups is 1. The molecule has 23 heavy (non-hydrogen) atoms. The second-order valence-corrected chi connectivity index (χ2v) is 5.91. The zero-order chi connectivity index (χ0) is 16.4. The fraction of sp³-hybridized carbons (Fsp3) is 0.158. The first-order valence-corrected chi connectivity index (χ1v) is 7.92. The summed E-state index contributed by atoms with van der Waals surface area (Å²) < 4.78 is 0. The van der Waals surface area contributed by atoms with Crippen molar-refractivity contribution >= 4 is 28.8 Å². The van der Waals surface area contributed by atoms with Crippen LogP contribution in [0.4, 0.5) is 5.69 Å². The number of carbonyl (C=O) groups excluding carboxylic acids is 1. The Kier molecular flexibility index (Phi) is 4.26. The summed E-state index contributed by atoms with van der Waals surface area (Å²) in [5.74, 6) is 0.0484. The van der Waals surface area contributed by atoms with Gasteiger partial charge in [-0.3, -0.25) is 9.69 Å². The standard InChI is InChI=1S/C19H18N2OS/c1-13-17(14(2)22)18(15-9-5-3-6-10-15)20-19(23)21(13)16-11-7-4-8-12-16/h3-12,18H,1-2H3,(H,20,23)/t18-/m1/s1. The first kappa shape index (κ1) is 15.4. The fourth-order valence-corrected chi connectivity index (χ4v) is 3.34. The smallest absolute Gasteiger partial charge is 0.178 e. The summed E-state index contributed by atoms with van der Waals surface area (Å²) in [7, 11) is 0. The highest BCUT2D eigenvalue weighted by atomic mass is 32.1. The molecular formula is C19H18N2OS. The topological polar surface area (TPSA) is 32.3 Å². The van der Waals surface area contributed by atoms with Gasteiger partial charge in [0.1, 0.15) is 0 Å². The molecule has 0 fully saturated rings. The van der Waals surface area contributed by atoms with Gasteiger partial charge in [0.15, 0.2) is 10.9 Å². The first-order chi connectivity index (χ1) is 11.1. The van der Waals surface area contributed by atoms with E-state index in [1.165, 1.54) is 0 Å². The molecule has 0 bridgehead atoms. The third-order valence-corrected chi connectivity index (χ3v) is 4.31. The van der Waals surface area contributed by atoms with E-state index < -0.39 is 0 Å². The Morgan fingerprint density at radius 3 is 2.17 bits per heavy atom. The van der Waals surface area contributed by atoms with Crippen LogP contribution in [0.15, 0.2) is 71.9 Å². The minimum absolute atomic E-state index is 0.0484. The number of anilines is 1. The first-order valence-electron chi connectivity index (χ1n) is 7.52. The van der Waals surface area contributed by atoms with Gasteiger partial charge in [0.2, 0.25) is 0 Å².